The zero-order chi connectivity index (χ0) is 8.15. The molecule has 0 fully saturated rings. The second kappa shape index (κ2) is 4.24. The molecule has 0 rings (SSSR count). The Hall–Kier alpha value is -0.610. The molecule has 0 heterocycles. The smallest absolute Gasteiger partial charge is 0.248 e. The first kappa shape index (κ1) is 9.39. The van der Waals surface area contributed by atoms with Crippen LogP contribution in [-0.2, 0) is 4.79 Å². The molecular formula is C6H13NO3. The van der Waals surface area contributed by atoms with Crippen LogP contribution in [0.3, 0.4) is 0 Å². The van der Waals surface area contributed by atoms with Crippen molar-refractivity contribution < 1.29 is 15.0 Å². The summed E-state index contributed by atoms with van der Waals surface area (Å²) in [6, 6.07) is 0. The van der Waals surface area contributed by atoms with Gasteiger partial charge in [0.15, 0.2) is 0 Å². The molecule has 1 amide bonds. The SMILES string of the molecule is C[C@H](O)CNC(=O)[C@H](C)O. The van der Waals surface area contributed by atoms with Crippen molar-refractivity contribution in [1.82, 2.24) is 5.32 Å². The topological polar surface area (TPSA) is 69.6 Å². The fourth-order valence-corrected chi connectivity index (χ4v) is 0.396. The van der Waals surface area contributed by atoms with Gasteiger partial charge in [-0.25, -0.2) is 0 Å². The Kier molecular flexibility index (Phi) is 3.99. The van der Waals surface area contributed by atoms with E-state index < -0.39 is 18.1 Å². The quantitative estimate of drug-likeness (QED) is 0.473. The lowest BCUT2D eigenvalue weighted by molar-refractivity contribution is -0.128. The van der Waals surface area contributed by atoms with E-state index in [0.29, 0.717) is 0 Å². The zero-order valence-electron chi connectivity index (χ0n) is 6.16. The van der Waals surface area contributed by atoms with Crippen LogP contribution < -0.4 is 5.32 Å². The minimum Gasteiger partial charge on any atom is -0.392 e. The van der Waals surface area contributed by atoms with Crippen molar-refractivity contribution in [2.24, 2.45) is 0 Å². The van der Waals surface area contributed by atoms with Crippen LogP contribution in [0.15, 0.2) is 0 Å². The zero-order valence-corrected chi connectivity index (χ0v) is 6.16. The van der Waals surface area contributed by atoms with Crippen molar-refractivity contribution in [2.45, 2.75) is 26.1 Å². The van der Waals surface area contributed by atoms with E-state index in [9.17, 15) is 4.79 Å². The molecule has 4 nitrogen and oxygen atoms in total. The highest BCUT2D eigenvalue weighted by molar-refractivity contribution is 5.79. The summed E-state index contributed by atoms with van der Waals surface area (Å²) in [7, 11) is 0. The van der Waals surface area contributed by atoms with Crippen LogP contribution in [-0.4, -0.2) is 34.9 Å². The first-order valence-corrected chi connectivity index (χ1v) is 3.18. The summed E-state index contributed by atoms with van der Waals surface area (Å²) in [4.78, 5) is 10.6. The Bertz CT molecular complexity index is 112. The van der Waals surface area contributed by atoms with E-state index in [4.69, 9.17) is 10.2 Å². The van der Waals surface area contributed by atoms with Gasteiger partial charge in [0.1, 0.15) is 6.10 Å². The molecule has 60 valence electrons. The first-order chi connectivity index (χ1) is 4.54. The number of hydrogen-bond donors (Lipinski definition) is 3. The van der Waals surface area contributed by atoms with Crippen LogP contribution in [0.5, 0.6) is 0 Å². The lowest BCUT2D eigenvalue weighted by Gasteiger charge is -2.07. The normalized spacial score (nSPS) is 16.0. The molecule has 0 radical (unpaired) electrons. The van der Waals surface area contributed by atoms with Gasteiger partial charge in [-0.05, 0) is 13.8 Å². The van der Waals surface area contributed by atoms with Crippen molar-refractivity contribution in [1.29, 1.82) is 0 Å². The Labute approximate surface area is 59.9 Å². The molecular weight excluding hydrogens is 134 g/mol. The van der Waals surface area contributed by atoms with Gasteiger partial charge in [-0.15, -0.1) is 0 Å². The molecule has 0 bridgehead atoms. The van der Waals surface area contributed by atoms with E-state index >= 15 is 0 Å². The van der Waals surface area contributed by atoms with Gasteiger partial charge >= 0.3 is 0 Å². The van der Waals surface area contributed by atoms with Crippen LogP contribution >= 0.6 is 0 Å². The Morgan fingerprint density at radius 2 is 2.00 bits per heavy atom. The number of carbonyl (C=O) groups excluding carboxylic acids is 1. The van der Waals surface area contributed by atoms with Gasteiger partial charge in [0.05, 0.1) is 6.10 Å². The van der Waals surface area contributed by atoms with Gasteiger partial charge in [0, 0.05) is 6.54 Å². The van der Waals surface area contributed by atoms with Gasteiger partial charge in [-0.3, -0.25) is 4.79 Å². The van der Waals surface area contributed by atoms with Crippen molar-refractivity contribution in [3.8, 4) is 0 Å². The number of rotatable bonds is 3. The Morgan fingerprint density at radius 1 is 1.50 bits per heavy atom. The molecule has 0 aromatic heterocycles. The second-order valence-corrected chi connectivity index (χ2v) is 2.27. The summed E-state index contributed by atoms with van der Waals surface area (Å²) >= 11 is 0. The lowest BCUT2D eigenvalue weighted by atomic mass is 10.3. The number of hydrogen-bond acceptors (Lipinski definition) is 3. The average Bonchev–Trinajstić information content (AvgIpc) is 1.82. The highest BCUT2D eigenvalue weighted by Gasteiger charge is 2.07. The minimum atomic E-state index is -1.00. The standard InChI is InChI=1S/C6H13NO3/c1-4(8)3-7-6(10)5(2)9/h4-5,8-9H,3H2,1-2H3,(H,7,10)/t4-,5-/m0/s1. The van der Waals surface area contributed by atoms with Crippen LogP contribution in [0.4, 0.5) is 0 Å². The van der Waals surface area contributed by atoms with E-state index in [1.165, 1.54) is 6.92 Å². The van der Waals surface area contributed by atoms with Gasteiger partial charge in [0.2, 0.25) is 5.91 Å². The molecule has 10 heavy (non-hydrogen) atoms. The van der Waals surface area contributed by atoms with Crippen molar-refractivity contribution in [3.05, 3.63) is 0 Å². The fourth-order valence-electron chi connectivity index (χ4n) is 0.396. The number of nitrogens with one attached hydrogen (secondary N) is 1. The van der Waals surface area contributed by atoms with Gasteiger partial charge in [-0.1, -0.05) is 0 Å². The summed E-state index contributed by atoms with van der Waals surface area (Å²) in [5, 5.41) is 19.7. The number of aliphatic hydroxyl groups is 2. The number of carbonyl (C=O) groups is 1. The lowest BCUT2D eigenvalue weighted by Crippen LogP contribution is -2.36. The van der Waals surface area contributed by atoms with E-state index in [0.717, 1.165) is 0 Å². The Morgan fingerprint density at radius 3 is 2.30 bits per heavy atom. The Balaban J connectivity index is 3.40. The molecule has 0 aliphatic carbocycles. The van der Waals surface area contributed by atoms with Crippen molar-refractivity contribution in [3.63, 3.8) is 0 Å². The fraction of sp³-hybridized carbons (Fsp3) is 0.833. The van der Waals surface area contributed by atoms with E-state index in [1.807, 2.05) is 0 Å². The van der Waals surface area contributed by atoms with E-state index in [2.05, 4.69) is 5.32 Å². The third kappa shape index (κ3) is 4.29. The van der Waals surface area contributed by atoms with E-state index in [1.54, 1.807) is 6.92 Å². The van der Waals surface area contributed by atoms with Crippen molar-refractivity contribution in [2.75, 3.05) is 6.54 Å². The molecule has 2 atom stereocenters. The number of aliphatic hydroxyl groups excluding tert-OH is 2. The molecule has 0 spiro atoms. The third-order valence-corrected chi connectivity index (χ3v) is 0.951. The average molecular weight is 147 g/mol. The molecule has 0 aliphatic heterocycles. The second-order valence-electron chi connectivity index (χ2n) is 2.27. The van der Waals surface area contributed by atoms with Crippen LogP contribution in [0.25, 0.3) is 0 Å². The molecule has 0 aliphatic rings. The monoisotopic (exact) mass is 147 g/mol. The highest BCUT2D eigenvalue weighted by atomic mass is 16.3. The molecule has 0 aromatic rings. The van der Waals surface area contributed by atoms with Gasteiger partial charge in [-0.2, -0.15) is 0 Å². The summed E-state index contributed by atoms with van der Waals surface area (Å²) in [5.41, 5.74) is 0. The largest absolute Gasteiger partial charge is 0.392 e. The van der Waals surface area contributed by atoms with Crippen LogP contribution in [0.1, 0.15) is 13.8 Å². The number of amides is 1. The molecule has 3 N–H and O–H groups in total. The van der Waals surface area contributed by atoms with Crippen molar-refractivity contribution >= 4 is 5.91 Å². The maximum absolute atomic E-state index is 10.6. The summed E-state index contributed by atoms with van der Waals surface area (Å²) in [6.07, 6.45) is -1.57. The summed E-state index contributed by atoms with van der Waals surface area (Å²) < 4.78 is 0. The maximum Gasteiger partial charge on any atom is 0.248 e. The molecule has 4 heteroatoms. The van der Waals surface area contributed by atoms with Gasteiger partial charge in [0.25, 0.3) is 0 Å². The summed E-state index contributed by atoms with van der Waals surface area (Å²) in [5.74, 6) is -0.457. The minimum absolute atomic E-state index is 0.184. The highest BCUT2D eigenvalue weighted by Crippen LogP contribution is 1.80. The predicted octanol–water partition coefficient (Wildman–Crippen LogP) is -1.14. The van der Waals surface area contributed by atoms with Crippen LogP contribution in [0, 0.1) is 0 Å². The van der Waals surface area contributed by atoms with Crippen LogP contribution in [0.2, 0.25) is 0 Å². The van der Waals surface area contributed by atoms with Gasteiger partial charge < -0.3 is 15.5 Å². The molecule has 0 saturated heterocycles. The molecule has 0 saturated carbocycles. The summed E-state index contributed by atoms with van der Waals surface area (Å²) in [6.45, 7) is 3.11. The first-order valence-electron chi connectivity index (χ1n) is 3.18. The third-order valence-electron chi connectivity index (χ3n) is 0.951. The predicted molar refractivity (Wildman–Crippen MR) is 36.4 cm³/mol. The molecule has 0 unspecified atom stereocenters. The molecule has 0 aromatic carbocycles. The maximum atomic E-state index is 10.6. The van der Waals surface area contributed by atoms with E-state index in [-0.39, 0.29) is 6.54 Å².